The Morgan fingerprint density at radius 2 is 2.02 bits per heavy atom. The fourth-order valence-electron chi connectivity index (χ4n) is 4.99. The minimum absolute atomic E-state index is 0.0124. The molecule has 2 aromatic carbocycles. The maximum Gasteiger partial charge on any atom is 0.263 e. The van der Waals surface area contributed by atoms with E-state index < -0.39 is 28.6 Å². The van der Waals surface area contributed by atoms with E-state index in [0.29, 0.717) is 42.0 Å². The van der Waals surface area contributed by atoms with Gasteiger partial charge < -0.3 is 24.2 Å². The summed E-state index contributed by atoms with van der Waals surface area (Å²) in [6, 6.07) is 11.0. The van der Waals surface area contributed by atoms with Gasteiger partial charge in [0.05, 0.1) is 36.5 Å². The molecule has 0 aromatic heterocycles. The van der Waals surface area contributed by atoms with Gasteiger partial charge in [-0.2, -0.15) is 0 Å². The molecule has 0 saturated carbocycles. The third kappa shape index (κ3) is 7.18. The Labute approximate surface area is 244 Å². The first-order chi connectivity index (χ1) is 19.1. The molecule has 0 aliphatic carbocycles. The molecule has 2 heterocycles. The summed E-state index contributed by atoms with van der Waals surface area (Å²) in [5.41, 5.74) is 0.577. The molecule has 2 aliphatic heterocycles. The highest BCUT2D eigenvalue weighted by molar-refractivity contribution is 7.83. The summed E-state index contributed by atoms with van der Waals surface area (Å²) >= 11 is 6.28. The van der Waals surface area contributed by atoms with Crippen LogP contribution in [-0.2, 0) is 20.5 Å². The molecule has 10 heteroatoms. The molecular formula is C30H39ClN2O6S. The first-order valence-electron chi connectivity index (χ1n) is 13.8. The maximum atomic E-state index is 13.2. The van der Waals surface area contributed by atoms with E-state index in [9.17, 15) is 14.1 Å². The lowest BCUT2D eigenvalue weighted by molar-refractivity contribution is -0.139. The Balaban J connectivity index is 1.73. The first kappa shape index (κ1) is 30.4. The van der Waals surface area contributed by atoms with Crippen molar-refractivity contribution in [2.45, 2.75) is 63.1 Å². The quantitative estimate of drug-likeness (QED) is 0.484. The summed E-state index contributed by atoms with van der Waals surface area (Å²) in [5, 5.41) is 11.5. The van der Waals surface area contributed by atoms with Gasteiger partial charge in [0, 0.05) is 29.6 Å². The summed E-state index contributed by atoms with van der Waals surface area (Å²) in [5.74, 6) is 0.879. The van der Waals surface area contributed by atoms with Crippen LogP contribution >= 0.6 is 11.6 Å². The van der Waals surface area contributed by atoms with Crippen molar-refractivity contribution in [2.24, 2.45) is 5.92 Å². The Morgan fingerprint density at radius 3 is 2.77 bits per heavy atom. The van der Waals surface area contributed by atoms with E-state index in [0.717, 1.165) is 29.8 Å². The predicted octanol–water partition coefficient (Wildman–Crippen LogP) is 5.00. The lowest BCUT2D eigenvalue weighted by atomic mass is 9.94. The van der Waals surface area contributed by atoms with Gasteiger partial charge in [0.1, 0.15) is 17.1 Å². The number of carbonyl (C=O) groups is 1. The first-order valence-corrected chi connectivity index (χ1v) is 15.3. The summed E-state index contributed by atoms with van der Waals surface area (Å²) in [6.07, 6.45) is 4.32. The molecule has 0 spiro atoms. The topological polar surface area (TPSA) is 97.3 Å². The number of fused-ring (bicyclic) bond motifs is 1. The zero-order chi connectivity index (χ0) is 28.9. The average Bonchev–Trinajstić information content (AvgIpc) is 3.10. The largest absolute Gasteiger partial charge is 0.494 e. The molecule has 8 nitrogen and oxygen atoms in total. The highest BCUT2D eigenvalue weighted by Crippen LogP contribution is 2.39. The second kappa shape index (κ2) is 13.4. The Bertz CT molecular complexity index is 1250. The second-order valence-electron chi connectivity index (χ2n) is 10.6. The van der Waals surface area contributed by atoms with Crippen molar-refractivity contribution in [3.8, 4) is 11.5 Å². The third-order valence-corrected chi connectivity index (χ3v) is 8.75. The molecule has 40 heavy (non-hydrogen) atoms. The van der Waals surface area contributed by atoms with Crippen LogP contribution in [0.2, 0.25) is 5.02 Å². The number of amides is 1. The molecule has 218 valence electrons. The van der Waals surface area contributed by atoms with E-state index in [4.69, 9.17) is 25.8 Å². The number of aliphatic hydroxyl groups excluding tert-OH is 1. The normalized spacial score (nSPS) is 26.2. The molecule has 0 saturated heterocycles. The lowest BCUT2D eigenvalue weighted by Crippen LogP contribution is -2.45. The molecule has 2 aromatic rings. The molecule has 4 unspecified atom stereocenters. The minimum Gasteiger partial charge on any atom is -0.494 e. The number of benzene rings is 2. The van der Waals surface area contributed by atoms with Gasteiger partial charge in [-0.15, -0.1) is 0 Å². The van der Waals surface area contributed by atoms with Crippen LogP contribution in [0.25, 0.3) is 0 Å². The van der Waals surface area contributed by atoms with Crippen molar-refractivity contribution in [1.29, 1.82) is 0 Å². The maximum absolute atomic E-state index is 13.2. The highest BCUT2D eigenvalue weighted by atomic mass is 35.5. The standard InChI is InChI=1S/C30H39ClN2O6S/c1-5-20-13-14-33-18-21(24-11-9-22(31)16-28(24)37-6-2)19-38-27-12-10-23(17-25(27)33)40(36)32-29(35)30(3,4)39-15-7-8-26(20)34/h7-12,16-17,20-21,26,34H,5-6,13-15,18-19H2,1-4H3,(H,32,35)/b8-7+. The number of aliphatic hydroxyl groups is 1. The number of halogens is 1. The van der Waals surface area contributed by atoms with Gasteiger partial charge in [-0.25, -0.2) is 4.21 Å². The number of carbonyl (C=O) groups excluding carboxylic acids is 1. The number of hydrogen-bond donors (Lipinski definition) is 2. The molecule has 4 atom stereocenters. The minimum atomic E-state index is -1.80. The molecule has 4 rings (SSSR count). The smallest absolute Gasteiger partial charge is 0.263 e. The van der Waals surface area contributed by atoms with Crippen molar-refractivity contribution in [3.05, 3.63) is 59.1 Å². The van der Waals surface area contributed by atoms with E-state index in [1.54, 1.807) is 38.1 Å². The van der Waals surface area contributed by atoms with Gasteiger partial charge in [-0.3, -0.25) is 9.52 Å². The number of rotatable bonds is 4. The van der Waals surface area contributed by atoms with E-state index in [-0.39, 0.29) is 18.4 Å². The monoisotopic (exact) mass is 590 g/mol. The number of nitrogens with one attached hydrogen (secondary N) is 1. The number of anilines is 1. The second-order valence-corrected chi connectivity index (χ2v) is 12.2. The van der Waals surface area contributed by atoms with Crippen LogP contribution in [0.15, 0.2) is 53.4 Å². The van der Waals surface area contributed by atoms with Gasteiger partial charge in [-0.05, 0) is 63.4 Å². The zero-order valence-corrected chi connectivity index (χ0v) is 25.1. The third-order valence-electron chi connectivity index (χ3n) is 7.46. The number of hydrogen-bond acceptors (Lipinski definition) is 7. The van der Waals surface area contributed by atoms with Gasteiger partial charge in [0.25, 0.3) is 5.91 Å². The van der Waals surface area contributed by atoms with E-state index >= 15 is 0 Å². The Morgan fingerprint density at radius 1 is 1.23 bits per heavy atom. The van der Waals surface area contributed by atoms with Crippen LogP contribution in [0.1, 0.15) is 52.0 Å². The van der Waals surface area contributed by atoms with Gasteiger partial charge in [0.2, 0.25) is 0 Å². The predicted molar refractivity (Wildman–Crippen MR) is 158 cm³/mol. The van der Waals surface area contributed by atoms with Gasteiger partial charge in [0.15, 0.2) is 11.0 Å². The molecule has 0 radical (unpaired) electrons. The van der Waals surface area contributed by atoms with Gasteiger partial charge >= 0.3 is 0 Å². The van der Waals surface area contributed by atoms with Crippen molar-refractivity contribution in [2.75, 3.05) is 37.8 Å². The van der Waals surface area contributed by atoms with Crippen LogP contribution in [0.4, 0.5) is 5.69 Å². The summed E-state index contributed by atoms with van der Waals surface area (Å²) in [4.78, 5) is 15.6. The van der Waals surface area contributed by atoms with Gasteiger partial charge in [-0.1, -0.05) is 43.2 Å². The summed E-state index contributed by atoms with van der Waals surface area (Å²) < 4.78 is 33.8. The highest BCUT2D eigenvalue weighted by Gasteiger charge is 2.32. The lowest BCUT2D eigenvalue weighted by Gasteiger charge is -2.30. The van der Waals surface area contributed by atoms with Crippen LogP contribution in [0, 0.1) is 5.92 Å². The van der Waals surface area contributed by atoms with Crippen LogP contribution in [0.3, 0.4) is 0 Å². The number of ether oxygens (including phenoxy) is 3. The van der Waals surface area contributed by atoms with Crippen LogP contribution in [0.5, 0.6) is 11.5 Å². The van der Waals surface area contributed by atoms with Crippen molar-refractivity contribution in [3.63, 3.8) is 0 Å². The Hall–Kier alpha value is -2.59. The SMILES string of the molecule is CCOc1cc(Cl)ccc1C1COc2ccc3cc2N(CCC(CC)C(O)/C=C/COC(C)(C)C(=O)NS3=O)C1. The molecule has 0 fully saturated rings. The number of nitrogens with zero attached hydrogens (tertiary/aromatic N) is 1. The van der Waals surface area contributed by atoms with Crippen LogP contribution in [-0.4, -0.2) is 59.8 Å². The average molecular weight is 591 g/mol. The van der Waals surface area contributed by atoms with E-state index in [1.807, 2.05) is 31.2 Å². The molecule has 2 bridgehead atoms. The van der Waals surface area contributed by atoms with E-state index in [1.165, 1.54) is 0 Å². The van der Waals surface area contributed by atoms with E-state index in [2.05, 4.69) is 16.5 Å². The fourth-order valence-corrected chi connectivity index (χ4v) is 6.10. The fraction of sp³-hybridized carbons (Fsp3) is 0.500. The molecule has 1 amide bonds. The summed E-state index contributed by atoms with van der Waals surface area (Å²) in [7, 11) is -1.80. The summed E-state index contributed by atoms with van der Waals surface area (Å²) in [6.45, 7) is 9.58. The van der Waals surface area contributed by atoms with Crippen molar-refractivity contribution in [1.82, 2.24) is 4.72 Å². The van der Waals surface area contributed by atoms with Crippen LogP contribution < -0.4 is 19.1 Å². The zero-order valence-electron chi connectivity index (χ0n) is 23.5. The van der Waals surface area contributed by atoms with Crippen molar-refractivity contribution < 1.29 is 28.3 Å². The molecule has 2 aliphatic rings. The Kier molecular flexibility index (Phi) is 10.2. The van der Waals surface area contributed by atoms with Crippen molar-refractivity contribution >= 4 is 34.2 Å². The molecular weight excluding hydrogens is 552 g/mol. The molecule has 2 N–H and O–H groups in total.